The predicted molar refractivity (Wildman–Crippen MR) is 92.0 cm³/mol. The summed E-state index contributed by atoms with van der Waals surface area (Å²) in [6.07, 6.45) is 0.690. The third-order valence-electron chi connectivity index (χ3n) is 3.17. The van der Waals surface area contributed by atoms with Crippen molar-refractivity contribution in [2.45, 2.75) is 23.7 Å². The van der Waals surface area contributed by atoms with Gasteiger partial charge in [-0.25, -0.2) is 8.42 Å². The normalized spacial score (nSPS) is 17.9. The highest BCUT2D eigenvalue weighted by atomic mass is 32.2. The van der Waals surface area contributed by atoms with Crippen LogP contribution in [0.3, 0.4) is 0 Å². The lowest BCUT2D eigenvalue weighted by Gasteiger charge is -2.11. The molecule has 1 aliphatic heterocycles. The SMILES string of the molecule is CC1Cc2ccc(NS(=O)(=O)c3cccs3)cc2NC(=S)O1. The molecule has 2 aromatic rings. The number of nitrogens with one attached hydrogen (secondary N) is 2. The molecular formula is C14H14N2O3S3. The molecule has 0 aliphatic carbocycles. The molecule has 1 aliphatic rings. The fraction of sp³-hybridized carbons (Fsp3) is 0.214. The molecule has 0 fully saturated rings. The Balaban J connectivity index is 1.90. The van der Waals surface area contributed by atoms with E-state index in [-0.39, 0.29) is 10.3 Å². The summed E-state index contributed by atoms with van der Waals surface area (Å²) in [6, 6.07) is 8.62. The van der Waals surface area contributed by atoms with E-state index in [0.717, 1.165) is 11.3 Å². The second kappa shape index (κ2) is 5.86. The molecule has 22 heavy (non-hydrogen) atoms. The van der Waals surface area contributed by atoms with Gasteiger partial charge in [0.1, 0.15) is 10.3 Å². The van der Waals surface area contributed by atoms with E-state index in [1.807, 2.05) is 13.0 Å². The minimum atomic E-state index is -3.55. The summed E-state index contributed by atoms with van der Waals surface area (Å²) in [7, 11) is -3.55. The summed E-state index contributed by atoms with van der Waals surface area (Å²) in [5.41, 5.74) is 2.28. The van der Waals surface area contributed by atoms with Crippen molar-refractivity contribution >= 4 is 50.1 Å². The van der Waals surface area contributed by atoms with E-state index in [2.05, 4.69) is 10.0 Å². The van der Waals surface area contributed by atoms with Crippen LogP contribution in [0.15, 0.2) is 39.9 Å². The molecule has 3 rings (SSSR count). The maximum Gasteiger partial charge on any atom is 0.271 e. The number of benzene rings is 1. The van der Waals surface area contributed by atoms with Gasteiger partial charge in [-0.2, -0.15) is 0 Å². The van der Waals surface area contributed by atoms with Crippen molar-refractivity contribution in [2.24, 2.45) is 0 Å². The van der Waals surface area contributed by atoms with Gasteiger partial charge in [-0.1, -0.05) is 12.1 Å². The van der Waals surface area contributed by atoms with Crippen LogP contribution in [0, 0.1) is 0 Å². The number of hydrogen-bond acceptors (Lipinski definition) is 5. The largest absolute Gasteiger partial charge is 0.467 e. The first kappa shape index (κ1) is 15.3. The Bertz CT molecular complexity index is 801. The van der Waals surface area contributed by atoms with Crippen LogP contribution in [0.1, 0.15) is 12.5 Å². The Kier molecular flexibility index (Phi) is 4.07. The molecule has 116 valence electrons. The van der Waals surface area contributed by atoms with Gasteiger partial charge in [0.05, 0.1) is 5.69 Å². The Morgan fingerprint density at radius 2 is 2.23 bits per heavy atom. The molecule has 0 saturated carbocycles. The molecule has 2 N–H and O–H groups in total. The van der Waals surface area contributed by atoms with Crippen LogP contribution in [0.5, 0.6) is 0 Å². The molecular weight excluding hydrogens is 340 g/mol. The third-order valence-corrected chi connectivity index (χ3v) is 6.15. The zero-order chi connectivity index (χ0) is 15.7. The maximum absolute atomic E-state index is 12.2. The molecule has 5 nitrogen and oxygen atoms in total. The summed E-state index contributed by atoms with van der Waals surface area (Å²) in [5.74, 6) is 0. The second-order valence-electron chi connectivity index (χ2n) is 4.95. The molecule has 2 heterocycles. The molecule has 0 radical (unpaired) electrons. The molecule has 0 amide bonds. The zero-order valence-corrected chi connectivity index (χ0v) is 14.1. The average Bonchev–Trinajstić information content (AvgIpc) is 2.91. The monoisotopic (exact) mass is 354 g/mol. The highest BCUT2D eigenvalue weighted by Gasteiger charge is 2.19. The van der Waals surface area contributed by atoms with Crippen LogP contribution in [0.4, 0.5) is 11.4 Å². The van der Waals surface area contributed by atoms with Crippen molar-refractivity contribution in [3.63, 3.8) is 0 Å². The van der Waals surface area contributed by atoms with Gasteiger partial charge >= 0.3 is 0 Å². The molecule has 1 aromatic heterocycles. The molecule has 0 saturated heterocycles. The van der Waals surface area contributed by atoms with Crippen LogP contribution in [0.25, 0.3) is 0 Å². The van der Waals surface area contributed by atoms with Crippen molar-refractivity contribution in [3.8, 4) is 0 Å². The predicted octanol–water partition coefficient (Wildman–Crippen LogP) is 3.21. The summed E-state index contributed by atoms with van der Waals surface area (Å²) >= 11 is 6.27. The Labute approximate surface area is 138 Å². The van der Waals surface area contributed by atoms with Gasteiger partial charge in [-0.3, -0.25) is 4.72 Å². The summed E-state index contributed by atoms with van der Waals surface area (Å²) in [5, 5.41) is 5.01. The van der Waals surface area contributed by atoms with E-state index in [0.29, 0.717) is 17.3 Å². The van der Waals surface area contributed by atoms with E-state index >= 15 is 0 Å². The Morgan fingerprint density at radius 3 is 2.95 bits per heavy atom. The highest BCUT2D eigenvalue weighted by Crippen LogP contribution is 2.27. The van der Waals surface area contributed by atoms with E-state index < -0.39 is 10.0 Å². The number of hydrogen-bond donors (Lipinski definition) is 2. The van der Waals surface area contributed by atoms with E-state index in [1.165, 1.54) is 11.3 Å². The van der Waals surface area contributed by atoms with Crippen LogP contribution in [0.2, 0.25) is 0 Å². The van der Waals surface area contributed by atoms with Crippen molar-refractivity contribution in [1.82, 2.24) is 0 Å². The first-order valence-electron chi connectivity index (χ1n) is 6.61. The fourth-order valence-electron chi connectivity index (χ4n) is 2.23. The highest BCUT2D eigenvalue weighted by molar-refractivity contribution is 7.94. The molecule has 0 bridgehead atoms. The second-order valence-corrected chi connectivity index (χ2v) is 8.18. The van der Waals surface area contributed by atoms with Gasteiger partial charge in [0, 0.05) is 12.1 Å². The summed E-state index contributed by atoms with van der Waals surface area (Å²) in [6.45, 7) is 1.94. The lowest BCUT2D eigenvalue weighted by atomic mass is 10.1. The first-order chi connectivity index (χ1) is 10.4. The van der Waals surface area contributed by atoms with Gasteiger partial charge in [-0.15, -0.1) is 11.3 Å². The zero-order valence-electron chi connectivity index (χ0n) is 11.7. The van der Waals surface area contributed by atoms with Gasteiger partial charge in [0.15, 0.2) is 0 Å². The van der Waals surface area contributed by atoms with Crippen molar-refractivity contribution in [3.05, 3.63) is 41.3 Å². The molecule has 1 atom stereocenters. The Hall–Kier alpha value is -1.64. The minimum absolute atomic E-state index is 0.0186. The summed E-state index contributed by atoms with van der Waals surface area (Å²) < 4.78 is 32.8. The lowest BCUT2D eigenvalue weighted by Crippen LogP contribution is -2.17. The first-order valence-corrected chi connectivity index (χ1v) is 9.38. The van der Waals surface area contributed by atoms with Crippen molar-refractivity contribution < 1.29 is 13.2 Å². The molecule has 1 unspecified atom stereocenters. The molecule has 0 spiro atoms. The summed E-state index contributed by atoms with van der Waals surface area (Å²) in [4.78, 5) is 0. The van der Waals surface area contributed by atoms with Crippen LogP contribution in [-0.2, 0) is 21.2 Å². The van der Waals surface area contributed by atoms with Gasteiger partial charge in [-0.05, 0) is 48.3 Å². The quantitative estimate of drug-likeness (QED) is 0.829. The number of ether oxygens (including phenoxy) is 1. The van der Waals surface area contributed by atoms with E-state index in [9.17, 15) is 8.42 Å². The van der Waals surface area contributed by atoms with Crippen LogP contribution in [-0.4, -0.2) is 19.7 Å². The van der Waals surface area contributed by atoms with E-state index in [4.69, 9.17) is 17.0 Å². The number of thiocarbonyl (C=S) groups is 1. The molecule has 1 aromatic carbocycles. The van der Waals surface area contributed by atoms with Crippen molar-refractivity contribution in [2.75, 3.05) is 10.0 Å². The average molecular weight is 354 g/mol. The Morgan fingerprint density at radius 1 is 1.41 bits per heavy atom. The van der Waals surface area contributed by atoms with Crippen LogP contribution < -0.4 is 10.0 Å². The standard InChI is InChI=1S/C14H14N2O3S3/c1-9-7-10-4-5-11(8-12(10)15-14(20)19-9)16-22(17,18)13-3-2-6-21-13/h2-6,8-9,16H,7H2,1H3,(H,15,20). The number of anilines is 2. The van der Waals surface area contributed by atoms with Gasteiger partial charge in [0.2, 0.25) is 0 Å². The van der Waals surface area contributed by atoms with Crippen molar-refractivity contribution in [1.29, 1.82) is 0 Å². The maximum atomic E-state index is 12.2. The van der Waals surface area contributed by atoms with Gasteiger partial charge < -0.3 is 10.1 Å². The topological polar surface area (TPSA) is 67.4 Å². The third kappa shape index (κ3) is 3.23. The number of fused-ring (bicyclic) bond motifs is 1. The number of rotatable bonds is 3. The van der Waals surface area contributed by atoms with E-state index in [1.54, 1.807) is 29.6 Å². The minimum Gasteiger partial charge on any atom is -0.467 e. The fourth-order valence-corrected chi connectivity index (χ4v) is 4.55. The van der Waals surface area contributed by atoms with Crippen LogP contribution >= 0.6 is 23.6 Å². The lowest BCUT2D eigenvalue weighted by molar-refractivity contribution is 0.217. The number of sulfonamides is 1. The smallest absolute Gasteiger partial charge is 0.271 e. The number of thiophene rings is 1. The van der Waals surface area contributed by atoms with Gasteiger partial charge in [0.25, 0.3) is 15.2 Å². The molecule has 8 heteroatoms.